The van der Waals surface area contributed by atoms with Gasteiger partial charge >= 0.3 is 0 Å². The van der Waals surface area contributed by atoms with Gasteiger partial charge in [0.05, 0.1) is 4.90 Å². The molecule has 2 aromatic rings. The van der Waals surface area contributed by atoms with E-state index in [1.165, 1.54) is 22.5 Å². The summed E-state index contributed by atoms with van der Waals surface area (Å²) in [6.45, 7) is 3.02. The van der Waals surface area contributed by atoms with Crippen molar-refractivity contribution in [2.75, 3.05) is 26.2 Å². The Hall–Kier alpha value is -2.09. The molecule has 0 N–H and O–H groups in total. The van der Waals surface area contributed by atoms with Gasteiger partial charge in [0.2, 0.25) is 15.9 Å². The van der Waals surface area contributed by atoms with Crippen LogP contribution >= 0.6 is 11.6 Å². The molecule has 0 spiro atoms. The van der Waals surface area contributed by atoms with Crippen LogP contribution in [0.3, 0.4) is 0 Å². The molecule has 0 radical (unpaired) electrons. The first-order valence-electron chi connectivity index (χ1n) is 8.15. The lowest BCUT2D eigenvalue weighted by atomic mass is 10.3. The van der Waals surface area contributed by atoms with Crippen LogP contribution in [0, 0.1) is 6.92 Å². The van der Waals surface area contributed by atoms with Crippen LogP contribution in [0.5, 0.6) is 0 Å². The van der Waals surface area contributed by atoms with E-state index in [4.69, 9.17) is 16.0 Å². The first-order valence-corrected chi connectivity index (χ1v) is 9.97. The molecule has 1 aliphatic rings. The fraction of sp³-hybridized carbons (Fsp3) is 0.278. The van der Waals surface area contributed by atoms with Crippen LogP contribution in [0.25, 0.3) is 6.08 Å². The van der Waals surface area contributed by atoms with Crippen molar-refractivity contribution in [3.63, 3.8) is 0 Å². The molecule has 0 saturated carbocycles. The molecule has 0 bridgehead atoms. The summed E-state index contributed by atoms with van der Waals surface area (Å²) in [6.07, 6.45) is 3.06. The van der Waals surface area contributed by atoms with E-state index in [-0.39, 0.29) is 23.9 Å². The number of amides is 1. The molecule has 1 aliphatic heterocycles. The molecule has 1 amide bonds. The highest BCUT2D eigenvalue weighted by atomic mass is 35.5. The number of furan rings is 1. The van der Waals surface area contributed by atoms with Crippen LogP contribution in [0.4, 0.5) is 0 Å². The van der Waals surface area contributed by atoms with E-state index >= 15 is 0 Å². The zero-order chi connectivity index (χ0) is 18.7. The number of carbonyl (C=O) groups excluding carboxylic acids is 1. The average molecular weight is 395 g/mol. The third kappa shape index (κ3) is 4.17. The van der Waals surface area contributed by atoms with E-state index in [1.54, 1.807) is 29.2 Å². The van der Waals surface area contributed by atoms with E-state index in [2.05, 4.69) is 0 Å². The number of hydrogen-bond donors (Lipinski definition) is 0. The van der Waals surface area contributed by atoms with Crippen molar-refractivity contribution >= 4 is 33.6 Å². The molecule has 0 unspecified atom stereocenters. The van der Waals surface area contributed by atoms with Gasteiger partial charge in [0.15, 0.2) is 0 Å². The third-order valence-corrected chi connectivity index (χ3v) is 6.32. The molecule has 0 aliphatic carbocycles. The first kappa shape index (κ1) is 18.7. The Morgan fingerprint density at radius 1 is 1.08 bits per heavy atom. The highest BCUT2D eigenvalue weighted by Crippen LogP contribution is 2.20. The molecule has 0 atom stereocenters. The molecule has 6 nitrogen and oxygen atoms in total. The summed E-state index contributed by atoms with van der Waals surface area (Å²) < 4.78 is 32.1. The number of hydrogen-bond acceptors (Lipinski definition) is 4. The molecule has 1 aromatic heterocycles. The van der Waals surface area contributed by atoms with Gasteiger partial charge in [-0.05, 0) is 49.4 Å². The number of benzene rings is 1. The molecule has 26 heavy (non-hydrogen) atoms. The van der Waals surface area contributed by atoms with E-state index in [0.29, 0.717) is 23.9 Å². The Labute approximate surface area is 157 Å². The van der Waals surface area contributed by atoms with Crippen LogP contribution in [-0.2, 0) is 14.8 Å². The molecule has 1 aromatic carbocycles. The van der Waals surface area contributed by atoms with E-state index in [1.807, 2.05) is 13.0 Å². The highest BCUT2D eigenvalue weighted by molar-refractivity contribution is 7.89. The first-order chi connectivity index (χ1) is 12.4. The normalized spacial score (nSPS) is 16.3. The third-order valence-electron chi connectivity index (χ3n) is 4.15. The topological polar surface area (TPSA) is 70.8 Å². The Kier molecular flexibility index (Phi) is 5.50. The number of nitrogens with zero attached hydrogens (tertiary/aromatic N) is 2. The second kappa shape index (κ2) is 7.65. The van der Waals surface area contributed by atoms with Crippen LogP contribution in [0.2, 0.25) is 5.02 Å². The maximum atomic E-state index is 12.6. The Balaban J connectivity index is 1.60. The summed E-state index contributed by atoms with van der Waals surface area (Å²) in [7, 11) is -3.58. The summed E-state index contributed by atoms with van der Waals surface area (Å²) in [5, 5.41) is 0.484. The SMILES string of the molecule is Cc1ccc(/C=C/C(=O)N2CCN(S(=O)(=O)c3ccc(Cl)cc3)CC2)o1. The minimum Gasteiger partial charge on any atom is -0.462 e. The van der Waals surface area contributed by atoms with Crippen molar-refractivity contribution in [2.45, 2.75) is 11.8 Å². The van der Waals surface area contributed by atoms with Crippen molar-refractivity contribution in [3.8, 4) is 0 Å². The van der Waals surface area contributed by atoms with Gasteiger partial charge in [-0.1, -0.05) is 11.6 Å². The van der Waals surface area contributed by atoms with Crippen molar-refractivity contribution in [2.24, 2.45) is 0 Å². The lowest BCUT2D eigenvalue weighted by Gasteiger charge is -2.33. The number of rotatable bonds is 4. The van der Waals surface area contributed by atoms with Gasteiger partial charge in [0, 0.05) is 37.3 Å². The van der Waals surface area contributed by atoms with Crippen LogP contribution in [0.1, 0.15) is 11.5 Å². The summed E-state index contributed by atoms with van der Waals surface area (Å²) in [4.78, 5) is 14.1. The largest absolute Gasteiger partial charge is 0.462 e. The summed E-state index contributed by atoms with van der Waals surface area (Å²) in [6, 6.07) is 9.69. The van der Waals surface area contributed by atoms with Crippen LogP contribution < -0.4 is 0 Å². The van der Waals surface area contributed by atoms with Crippen molar-refractivity contribution in [3.05, 3.63) is 59.0 Å². The van der Waals surface area contributed by atoms with Crippen molar-refractivity contribution in [1.82, 2.24) is 9.21 Å². The zero-order valence-corrected chi connectivity index (χ0v) is 15.8. The van der Waals surface area contributed by atoms with Gasteiger partial charge in [0.25, 0.3) is 0 Å². The van der Waals surface area contributed by atoms with Crippen molar-refractivity contribution in [1.29, 1.82) is 0 Å². The summed E-state index contributed by atoms with van der Waals surface area (Å²) >= 11 is 5.81. The minimum absolute atomic E-state index is 0.164. The standard InChI is InChI=1S/C18H19ClN2O4S/c1-14-2-5-16(25-14)6-9-18(22)20-10-12-21(13-11-20)26(23,24)17-7-3-15(19)4-8-17/h2-9H,10-13H2,1H3/b9-6+. The average Bonchev–Trinajstić information content (AvgIpc) is 3.05. The smallest absolute Gasteiger partial charge is 0.246 e. The number of aryl methyl sites for hydroxylation is 1. The van der Waals surface area contributed by atoms with Gasteiger partial charge in [-0.25, -0.2) is 8.42 Å². The maximum absolute atomic E-state index is 12.6. The second-order valence-corrected chi connectivity index (χ2v) is 8.34. The van der Waals surface area contributed by atoms with Gasteiger partial charge in [-0.2, -0.15) is 4.31 Å². The van der Waals surface area contributed by atoms with Crippen LogP contribution in [-0.4, -0.2) is 49.7 Å². The van der Waals surface area contributed by atoms with E-state index in [0.717, 1.165) is 5.76 Å². The molecule has 2 heterocycles. The molecule has 8 heteroatoms. The lowest BCUT2D eigenvalue weighted by molar-refractivity contribution is -0.127. The van der Waals surface area contributed by atoms with E-state index in [9.17, 15) is 13.2 Å². The minimum atomic E-state index is -3.58. The second-order valence-electron chi connectivity index (χ2n) is 5.97. The van der Waals surface area contributed by atoms with Gasteiger partial charge in [-0.15, -0.1) is 0 Å². The highest BCUT2D eigenvalue weighted by Gasteiger charge is 2.29. The molecular weight excluding hydrogens is 376 g/mol. The fourth-order valence-corrected chi connectivity index (χ4v) is 4.25. The zero-order valence-electron chi connectivity index (χ0n) is 14.3. The predicted octanol–water partition coefficient (Wildman–Crippen LogP) is 2.79. The molecule has 3 rings (SSSR count). The number of sulfonamides is 1. The summed E-state index contributed by atoms with van der Waals surface area (Å²) in [5.41, 5.74) is 0. The van der Waals surface area contributed by atoms with Crippen LogP contribution in [0.15, 0.2) is 51.8 Å². The van der Waals surface area contributed by atoms with E-state index < -0.39 is 10.0 Å². The quantitative estimate of drug-likeness (QED) is 0.747. The molecule has 1 saturated heterocycles. The molecule has 1 fully saturated rings. The monoisotopic (exact) mass is 394 g/mol. The summed E-state index contributed by atoms with van der Waals surface area (Å²) in [5.74, 6) is 1.22. The van der Waals surface area contributed by atoms with Gasteiger partial charge in [-0.3, -0.25) is 4.79 Å². The molecule has 138 valence electrons. The fourth-order valence-electron chi connectivity index (χ4n) is 2.71. The number of carbonyl (C=O) groups is 1. The predicted molar refractivity (Wildman–Crippen MR) is 99.3 cm³/mol. The molecular formula is C18H19ClN2O4S. The lowest BCUT2D eigenvalue weighted by Crippen LogP contribution is -2.50. The van der Waals surface area contributed by atoms with Crippen molar-refractivity contribution < 1.29 is 17.6 Å². The van der Waals surface area contributed by atoms with Gasteiger partial charge in [0.1, 0.15) is 11.5 Å². The maximum Gasteiger partial charge on any atom is 0.246 e. The Morgan fingerprint density at radius 2 is 1.73 bits per heavy atom. The number of halogens is 1. The van der Waals surface area contributed by atoms with Gasteiger partial charge < -0.3 is 9.32 Å². The Bertz CT molecular complexity index is 911. The number of piperazine rings is 1. The Morgan fingerprint density at radius 3 is 2.31 bits per heavy atom.